The van der Waals surface area contributed by atoms with Crippen LogP contribution >= 0.6 is 7.60 Å². The normalized spacial score (nSPS) is 14.4. The Morgan fingerprint density at radius 1 is 1.22 bits per heavy atom. The van der Waals surface area contributed by atoms with Crippen LogP contribution in [0.2, 0.25) is 0 Å². The van der Waals surface area contributed by atoms with Gasteiger partial charge in [0.2, 0.25) is 0 Å². The summed E-state index contributed by atoms with van der Waals surface area (Å²) in [5, 5.41) is 10.1. The van der Waals surface area contributed by atoms with E-state index in [1.165, 1.54) is 14.2 Å². The van der Waals surface area contributed by atoms with Crippen molar-refractivity contribution in [1.82, 2.24) is 0 Å². The van der Waals surface area contributed by atoms with Gasteiger partial charge < -0.3 is 18.9 Å². The topological polar surface area (TPSA) is 82.1 Å². The van der Waals surface area contributed by atoms with Gasteiger partial charge in [-0.1, -0.05) is 37.3 Å². The second-order valence-corrected chi connectivity index (χ2v) is 7.55. The molecule has 0 aliphatic heterocycles. The molecular weight excluding hydrogens is 319 g/mol. The summed E-state index contributed by atoms with van der Waals surface area (Å²) >= 11 is 0. The van der Waals surface area contributed by atoms with Gasteiger partial charge in [-0.05, 0) is 12.0 Å². The smallest absolute Gasteiger partial charge is 0.337 e. The van der Waals surface area contributed by atoms with Gasteiger partial charge in [-0.25, -0.2) is 0 Å². The number of aliphatic hydroxyl groups excluding tert-OH is 1. The van der Waals surface area contributed by atoms with E-state index in [1.54, 1.807) is 6.92 Å². The number of hydrogen-bond donors (Lipinski definition) is 1. The van der Waals surface area contributed by atoms with Crippen LogP contribution in [0.25, 0.3) is 0 Å². The molecule has 6 nitrogen and oxygen atoms in total. The van der Waals surface area contributed by atoms with Crippen molar-refractivity contribution >= 4 is 13.4 Å². The molecule has 0 fully saturated rings. The number of benzene rings is 1. The summed E-state index contributed by atoms with van der Waals surface area (Å²) in [6.07, 6.45) is -0.881. The van der Waals surface area contributed by atoms with Crippen molar-refractivity contribution in [3.8, 4) is 0 Å². The third-order valence-corrected chi connectivity index (χ3v) is 5.47. The predicted octanol–water partition coefficient (Wildman–Crippen LogP) is 2.65. The molecule has 0 saturated heterocycles. The molecule has 0 aromatic heterocycles. The van der Waals surface area contributed by atoms with Crippen molar-refractivity contribution in [3.05, 3.63) is 35.9 Å². The maximum Gasteiger partial charge on any atom is 0.337 e. The van der Waals surface area contributed by atoms with Crippen LogP contribution in [0.15, 0.2) is 30.3 Å². The average molecular weight is 344 g/mol. The molecular formula is C16H25O6P. The first-order chi connectivity index (χ1) is 10.9. The minimum absolute atomic E-state index is 0.323. The molecule has 0 amide bonds. The zero-order valence-corrected chi connectivity index (χ0v) is 14.7. The number of ketones is 1. The number of aliphatic hydroxyl groups is 1. The van der Waals surface area contributed by atoms with E-state index in [-0.39, 0.29) is 11.9 Å². The zero-order valence-electron chi connectivity index (χ0n) is 13.8. The van der Waals surface area contributed by atoms with Crippen molar-refractivity contribution in [3.63, 3.8) is 0 Å². The van der Waals surface area contributed by atoms with Gasteiger partial charge in [-0.3, -0.25) is 9.36 Å². The lowest BCUT2D eigenvalue weighted by Gasteiger charge is -2.20. The molecule has 23 heavy (non-hydrogen) atoms. The lowest BCUT2D eigenvalue weighted by molar-refractivity contribution is -0.123. The molecule has 1 aromatic carbocycles. The fourth-order valence-corrected chi connectivity index (χ4v) is 3.05. The van der Waals surface area contributed by atoms with Gasteiger partial charge in [0.1, 0.15) is 11.9 Å². The van der Waals surface area contributed by atoms with Crippen LogP contribution in [0.4, 0.5) is 0 Å². The van der Waals surface area contributed by atoms with Crippen LogP contribution in [0.5, 0.6) is 0 Å². The van der Waals surface area contributed by atoms with Crippen molar-refractivity contribution in [1.29, 1.82) is 0 Å². The molecule has 1 aromatic rings. The van der Waals surface area contributed by atoms with E-state index in [9.17, 15) is 14.5 Å². The van der Waals surface area contributed by atoms with Crippen molar-refractivity contribution in [2.24, 2.45) is 5.92 Å². The fourth-order valence-electron chi connectivity index (χ4n) is 1.97. The summed E-state index contributed by atoms with van der Waals surface area (Å²) in [6.45, 7) is 2.39. The summed E-state index contributed by atoms with van der Waals surface area (Å²) in [5.41, 5.74) is 1.05. The molecule has 0 unspecified atom stereocenters. The monoisotopic (exact) mass is 344 g/mol. The highest BCUT2D eigenvalue weighted by atomic mass is 31.2. The Morgan fingerprint density at radius 2 is 1.83 bits per heavy atom. The van der Waals surface area contributed by atoms with Gasteiger partial charge in [0.15, 0.2) is 0 Å². The number of ether oxygens (including phenoxy) is 1. The highest BCUT2D eigenvalue weighted by Crippen LogP contribution is 2.46. The number of hydrogen-bond acceptors (Lipinski definition) is 6. The quantitative estimate of drug-likeness (QED) is 0.491. The Hall–Kier alpha value is -1.04. The van der Waals surface area contributed by atoms with Crippen LogP contribution in [0, 0.1) is 5.92 Å². The third-order valence-electron chi connectivity index (χ3n) is 3.66. The first kappa shape index (κ1) is 20.0. The summed E-state index contributed by atoms with van der Waals surface area (Å²) < 4.78 is 26.9. The number of rotatable bonds is 11. The molecule has 2 atom stereocenters. The number of carbonyl (C=O) groups is 1. The van der Waals surface area contributed by atoms with E-state index in [4.69, 9.17) is 13.8 Å². The molecule has 0 aliphatic carbocycles. The Morgan fingerprint density at radius 3 is 2.39 bits per heavy atom. The van der Waals surface area contributed by atoms with Crippen LogP contribution < -0.4 is 0 Å². The number of carbonyl (C=O) groups excluding carboxylic acids is 1. The molecule has 1 N–H and O–H groups in total. The van der Waals surface area contributed by atoms with Crippen LogP contribution in [0.3, 0.4) is 0 Å². The van der Waals surface area contributed by atoms with Gasteiger partial charge in [-0.15, -0.1) is 0 Å². The Kier molecular flexibility index (Phi) is 8.66. The molecule has 0 heterocycles. The zero-order chi connectivity index (χ0) is 17.3. The van der Waals surface area contributed by atoms with Crippen LogP contribution in [0.1, 0.15) is 18.9 Å². The Labute approximate surface area is 137 Å². The lowest BCUT2D eigenvalue weighted by Crippen LogP contribution is -2.29. The maximum absolute atomic E-state index is 12.0. The van der Waals surface area contributed by atoms with Crippen LogP contribution in [-0.2, 0) is 29.8 Å². The molecule has 0 spiro atoms. The van der Waals surface area contributed by atoms with Gasteiger partial charge in [0.05, 0.1) is 12.7 Å². The van der Waals surface area contributed by atoms with Gasteiger partial charge in [0, 0.05) is 26.7 Å². The molecule has 0 bridgehead atoms. The van der Waals surface area contributed by atoms with E-state index in [1.807, 2.05) is 30.3 Å². The van der Waals surface area contributed by atoms with E-state index >= 15 is 0 Å². The van der Waals surface area contributed by atoms with Crippen molar-refractivity contribution < 1.29 is 28.3 Å². The minimum atomic E-state index is -3.39. The summed E-state index contributed by atoms with van der Waals surface area (Å²) in [4.78, 5) is 12.0. The van der Waals surface area contributed by atoms with E-state index in [0.717, 1.165) is 5.56 Å². The SMILES string of the molecule is COP(=O)(CC(=O)[C@H](C)[C@@H](O)CCOCc1ccccc1)OC. The maximum atomic E-state index is 12.0. The molecule has 0 aliphatic rings. The second kappa shape index (κ2) is 9.96. The first-order valence-corrected chi connectivity index (χ1v) is 9.17. The number of Topliss-reactive ketones (excluding diaryl/α,β-unsaturated/α-hetero) is 1. The predicted molar refractivity (Wildman–Crippen MR) is 87.4 cm³/mol. The standard InChI is InChI=1S/C16H25O6P/c1-13(16(18)12-23(19,20-2)21-3)15(17)9-10-22-11-14-7-5-4-6-8-14/h4-8,13,15,17H,9-12H2,1-3H3/t13-,15+/m1/s1. The van der Waals surface area contributed by atoms with Crippen molar-refractivity contribution in [2.75, 3.05) is 27.0 Å². The summed E-state index contributed by atoms with van der Waals surface area (Å²) in [6, 6.07) is 9.70. The Balaban J connectivity index is 2.34. The molecule has 0 saturated carbocycles. The lowest BCUT2D eigenvalue weighted by atomic mass is 9.98. The molecule has 130 valence electrons. The minimum Gasteiger partial charge on any atom is -0.392 e. The molecule has 0 radical (unpaired) electrons. The highest BCUT2D eigenvalue weighted by molar-refractivity contribution is 7.54. The molecule has 7 heteroatoms. The van der Waals surface area contributed by atoms with Gasteiger partial charge in [0.25, 0.3) is 0 Å². The van der Waals surface area contributed by atoms with E-state index < -0.39 is 19.6 Å². The van der Waals surface area contributed by atoms with E-state index in [2.05, 4.69) is 0 Å². The largest absolute Gasteiger partial charge is 0.392 e. The van der Waals surface area contributed by atoms with Crippen LogP contribution in [-0.4, -0.2) is 44.0 Å². The third kappa shape index (κ3) is 6.94. The first-order valence-electron chi connectivity index (χ1n) is 7.45. The molecule has 1 rings (SSSR count). The second-order valence-electron chi connectivity index (χ2n) is 5.28. The summed E-state index contributed by atoms with van der Waals surface area (Å²) in [5.74, 6) is -1.01. The van der Waals surface area contributed by atoms with Gasteiger partial charge in [-0.2, -0.15) is 0 Å². The van der Waals surface area contributed by atoms with Gasteiger partial charge >= 0.3 is 7.60 Å². The Bertz CT molecular complexity index is 511. The van der Waals surface area contributed by atoms with E-state index in [0.29, 0.717) is 19.6 Å². The summed E-state index contributed by atoms with van der Waals surface area (Å²) in [7, 11) is -0.930. The highest BCUT2D eigenvalue weighted by Gasteiger charge is 2.31. The fraction of sp³-hybridized carbons (Fsp3) is 0.562. The average Bonchev–Trinajstić information content (AvgIpc) is 2.58. The van der Waals surface area contributed by atoms with Crippen molar-refractivity contribution in [2.45, 2.75) is 26.1 Å².